The summed E-state index contributed by atoms with van der Waals surface area (Å²) >= 11 is 0. The average molecular weight is 410 g/mol. The van der Waals surface area contributed by atoms with Crippen LogP contribution in [0.4, 0.5) is 0 Å². The van der Waals surface area contributed by atoms with E-state index in [1.165, 1.54) is 0 Å². The number of nitrogens with one attached hydrogen (secondary N) is 1. The van der Waals surface area contributed by atoms with Gasteiger partial charge in [-0.3, -0.25) is 10.1 Å². The van der Waals surface area contributed by atoms with Gasteiger partial charge in [0.05, 0.1) is 54.0 Å². The maximum atomic E-state index is 9.61. The van der Waals surface area contributed by atoms with E-state index in [0.29, 0.717) is 24.2 Å². The van der Waals surface area contributed by atoms with Crippen LogP contribution in [-0.2, 0) is 12.1 Å². The molecule has 9 heteroatoms. The number of fused-ring (bicyclic) bond motifs is 1. The third kappa shape index (κ3) is 3.03. The Labute approximate surface area is 177 Å². The summed E-state index contributed by atoms with van der Waals surface area (Å²) in [7, 11) is 0. The molecule has 0 unspecified atom stereocenters. The van der Waals surface area contributed by atoms with E-state index in [9.17, 15) is 15.6 Å². The van der Waals surface area contributed by atoms with Gasteiger partial charge < -0.3 is 5.11 Å². The van der Waals surface area contributed by atoms with Crippen molar-refractivity contribution in [3.63, 3.8) is 0 Å². The zero-order valence-corrected chi connectivity index (χ0v) is 16.5. The van der Waals surface area contributed by atoms with Crippen LogP contribution in [0.2, 0.25) is 0 Å². The van der Waals surface area contributed by atoms with E-state index in [2.05, 4.69) is 32.4 Å². The summed E-state index contributed by atoms with van der Waals surface area (Å²) in [5, 5.41) is 45.1. The molecule has 152 valence electrons. The van der Waals surface area contributed by atoms with Crippen molar-refractivity contribution in [3.8, 4) is 34.5 Å². The zero-order valence-electron chi connectivity index (χ0n) is 16.5. The Morgan fingerprint density at radius 3 is 2.90 bits per heavy atom. The molecule has 0 saturated heterocycles. The Morgan fingerprint density at radius 2 is 2.13 bits per heavy atom. The number of hydrogen-bond acceptors (Lipinski definition) is 7. The standard InChI is InChI=1S/C22H18N8O/c23-4-3-22(8-14(9-22)10-24)30-27-12-20(29-30)17-6-15(18-11-26-28-21(18)13-31)7-19-16(17)2-1-5-25-19/h1-2,5-7,11-12,14,31H,3,8-9,13H2,(H,26,28)/t14-,22+. The maximum Gasteiger partial charge on any atom is 0.113 e. The number of aliphatic hydroxyl groups excluding tert-OH is 1. The third-order valence-electron chi connectivity index (χ3n) is 5.94. The van der Waals surface area contributed by atoms with Crippen LogP contribution in [-0.4, -0.2) is 35.3 Å². The van der Waals surface area contributed by atoms with E-state index >= 15 is 0 Å². The molecule has 2 N–H and O–H groups in total. The van der Waals surface area contributed by atoms with Crippen LogP contribution < -0.4 is 0 Å². The Hall–Kier alpha value is -4.08. The van der Waals surface area contributed by atoms with E-state index in [0.717, 1.165) is 27.6 Å². The number of H-pyrrole nitrogens is 1. The molecule has 0 bridgehead atoms. The molecule has 1 fully saturated rings. The number of aromatic amines is 1. The van der Waals surface area contributed by atoms with Crippen LogP contribution in [0.5, 0.6) is 0 Å². The van der Waals surface area contributed by atoms with Gasteiger partial charge in [-0.25, -0.2) is 0 Å². The molecule has 3 heterocycles. The van der Waals surface area contributed by atoms with Crippen LogP contribution >= 0.6 is 0 Å². The minimum absolute atomic E-state index is 0.0749. The summed E-state index contributed by atoms with van der Waals surface area (Å²) < 4.78 is 0. The second kappa shape index (κ2) is 7.31. The van der Waals surface area contributed by atoms with Crippen molar-refractivity contribution < 1.29 is 5.11 Å². The molecule has 0 radical (unpaired) electrons. The van der Waals surface area contributed by atoms with Gasteiger partial charge in [0.15, 0.2) is 0 Å². The van der Waals surface area contributed by atoms with Gasteiger partial charge in [-0.1, -0.05) is 6.07 Å². The fourth-order valence-corrected chi connectivity index (χ4v) is 4.33. The molecular weight excluding hydrogens is 392 g/mol. The Bertz CT molecular complexity index is 1350. The first-order valence-corrected chi connectivity index (χ1v) is 9.90. The summed E-state index contributed by atoms with van der Waals surface area (Å²) in [4.78, 5) is 6.10. The number of aromatic nitrogens is 6. The van der Waals surface area contributed by atoms with E-state index in [1.54, 1.807) is 23.4 Å². The van der Waals surface area contributed by atoms with E-state index < -0.39 is 5.54 Å². The lowest BCUT2D eigenvalue weighted by atomic mass is 9.68. The number of nitriles is 2. The minimum atomic E-state index is -0.534. The molecule has 3 aromatic heterocycles. The Balaban J connectivity index is 1.63. The highest BCUT2D eigenvalue weighted by Crippen LogP contribution is 2.45. The predicted octanol–water partition coefficient (Wildman–Crippen LogP) is 2.92. The molecule has 0 amide bonds. The smallest absolute Gasteiger partial charge is 0.113 e. The van der Waals surface area contributed by atoms with Crippen molar-refractivity contribution in [2.24, 2.45) is 5.92 Å². The van der Waals surface area contributed by atoms with Crippen molar-refractivity contribution in [1.82, 2.24) is 30.2 Å². The van der Waals surface area contributed by atoms with Gasteiger partial charge >= 0.3 is 0 Å². The van der Waals surface area contributed by atoms with Gasteiger partial charge in [0, 0.05) is 28.9 Å². The lowest BCUT2D eigenvalue weighted by Gasteiger charge is -2.42. The quantitative estimate of drug-likeness (QED) is 0.515. The first-order chi connectivity index (χ1) is 15.2. The molecule has 1 aliphatic rings. The van der Waals surface area contributed by atoms with Gasteiger partial charge in [0.1, 0.15) is 5.69 Å². The Morgan fingerprint density at radius 1 is 1.26 bits per heavy atom. The molecule has 1 aromatic carbocycles. The molecule has 4 aromatic rings. The lowest BCUT2D eigenvalue weighted by Crippen LogP contribution is -2.47. The fraction of sp³-hybridized carbons (Fsp3) is 0.273. The van der Waals surface area contributed by atoms with Crippen LogP contribution in [0, 0.1) is 28.6 Å². The summed E-state index contributed by atoms with van der Waals surface area (Å²) in [6.45, 7) is -0.179. The zero-order chi connectivity index (χ0) is 21.4. The summed E-state index contributed by atoms with van der Waals surface area (Å²) in [5.41, 5.74) is 3.96. The number of nitrogens with zero attached hydrogens (tertiary/aromatic N) is 7. The van der Waals surface area contributed by atoms with Gasteiger partial charge in [-0.2, -0.15) is 30.6 Å². The van der Waals surface area contributed by atoms with Gasteiger partial charge in [0.25, 0.3) is 0 Å². The van der Waals surface area contributed by atoms with E-state index in [-0.39, 0.29) is 18.9 Å². The van der Waals surface area contributed by atoms with E-state index in [1.807, 2.05) is 24.3 Å². The fourth-order valence-electron chi connectivity index (χ4n) is 4.33. The average Bonchev–Trinajstić information content (AvgIpc) is 3.45. The van der Waals surface area contributed by atoms with E-state index in [4.69, 9.17) is 5.10 Å². The number of hydrogen-bond donors (Lipinski definition) is 2. The topological polar surface area (TPSA) is 140 Å². The molecule has 5 rings (SSSR count). The number of pyridine rings is 1. The molecular formula is C22H18N8O. The molecule has 1 aliphatic carbocycles. The van der Waals surface area contributed by atoms with Crippen molar-refractivity contribution >= 4 is 10.9 Å². The molecule has 0 spiro atoms. The SMILES string of the molecule is N#CC[C@]1(n2ncc(-c3cc(-c4c[nH]nc4CO)cc4ncccc34)n2)C[C@@H](C#N)C1. The normalized spacial score (nSPS) is 20.2. The van der Waals surface area contributed by atoms with Gasteiger partial charge in [0.2, 0.25) is 0 Å². The molecule has 0 atom stereocenters. The molecule has 9 nitrogen and oxygen atoms in total. The van der Waals surface area contributed by atoms with Crippen LogP contribution in [0.25, 0.3) is 33.3 Å². The summed E-state index contributed by atoms with van der Waals surface area (Å²) in [6.07, 6.45) is 6.57. The van der Waals surface area contributed by atoms with Crippen LogP contribution in [0.3, 0.4) is 0 Å². The minimum Gasteiger partial charge on any atom is -0.390 e. The number of aliphatic hydroxyl groups is 1. The predicted molar refractivity (Wildman–Crippen MR) is 111 cm³/mol. The second-order valence-electron chi connectivity index (χ2n) is 7.81. The van der Waals surface area contributed by atoms with Crippen LogP contribution in [0.1, 0.15) is 25.0 Å². The Kier molecular flexibility index (Phi) is 4.46. The number of benzene rings is 1. The molecule has 1 saturated carbocycles. The van der Waals surface area contributed by atoms with Gasteiger partial charge in [-0.15, -0.1) is 0 Å². The molecule has 0 aliphatic heterocycles. The van der Waals surface area contributed by atoms with Crippen LogP contribution in [0.15, 0.2) is 42.9 Å². The summed E-state index contributed by atoms with van der Waals surface area (Å²) in [6, 6.07) is 12.3. The molecule has 31 heavy (non-hydrogen) atoms. The highest BCUT2D eigenvalue weighted by Gasteiger charge is 2.48. The second-order valence-corrected chi connectivity index (χ2v) is 7.81. The lowest BCUT2D eigenvalue weighted by molar-refractivity contribution is 0.0713. The third-order valence-corrected chi connectivity index (χ3v) is 5.94. The summed E-state index contributed by atoms with van der Waals surface area (Å²) in [5.74, 6) is -0.0749. The first kappa shape index (κ1) is 18.9. The maximum absolute atomic E-state index is 9.61. The largest absolute Gasteiger partial charge is 0.390 e. The van der Waals surface area contributed by atoms with Crippen molar-refractivity contribution in [1.29, 1.82) is 10.5 Å². The highest BCUT2D eigenvalue weighted by molar-refractivity contribution is 5.97. The number of rotatable bonds is 5. The van der Waals surface area contributed by atoms with Crippen molar-refractivity contribution in [2.75, 3.05) is 0 Å². The van der Waals surface area contributed by atoms with Crippen molar-refractivity contribution in [2.45, 2.75) is 31.4 Å². The highest BCUT2D eigenvalue weighted by atomic mass is 16.3. The first-order valence-electron chi connectivity index (χ1n) is 9.90. The monoisotopic (exact) mass is 410 g/mol. The van der Waals surface area contributed by atoms with Crippen molar-refractivity contribution in [3.05, 3.63) is 48.5 Å². The van der Waals surface area contributed by atoms with Gasteiger partial charge in [-0.05, 0) is 36.6 Å².